The Morgan fingerprint density at radius 1 is 1.27 bits per heavy atom. The van der Waals surface area contributed by atoms with Crippen LogP contribution in [0.15, 0.2) is 0 Å². The highest BCUT2D eigenvalue weighted by atomic mass is 32.1. The molecule has 2 nitrogen and oxygen atoms in total. The molecule has 1 fully saturated rings. The molecule has 3 heteroatoms. The van der Waals surface area contributed by atoms with E-state index in [4.69, 9.17) is 9.47 Å². The van der Waals surface area contributed by atoms with Crippen LogP contribution < -0.4 is 0 Å². The van der Waals surface area contributed by atoms with Crippen molar-refractivity contribution >= 4 is 12.6 Å². The molecular weight excluding hydrogens is 208 g/mol. The Balaban J connectivity index is 2.26. The molecule has 0 bridgehead atoms. The van der Waals surface area contributed by atoms with Gasteiger partial charge in [-0.1, -0.05) is 13.8 Å². The van der Waals surface area contributed by atoms with E-state index in [0.29, 0.717) is 12.2 Å². The number of thiol groups is 1. The van der Waals surface area contributed by atoms with Crippen LogP contribution >= 0.6 is 12.6 Å². The second-order valence-electron chi connectivity index (χ2n) is 5.28. The van der Waals surface area contributed by atoms with E-state index in [-0.39, 0.29) is 5.41 Å². The second-order valence-corrected chi connectivity index (χ2v) is 5.60. The van der Waals surface area contributed by atoms with Crippen LogP contribution in [0, 0.1) is 5.41 Å². The fraction of sp³-hybridized carbons (Fsp3) is 1.00. The van der Waals surface area contributed by atoms with Crippen LogP contribution in [-0.2, 0) is 9.47 Å². The van der Waals surface area contributed by atoms with E-state index < -0.39 is 0 Å². The van der Waals surface area contributed by atoms with Gasteiger partial charge in [-0.05, 0) is 36.9 Å². The Hall–Kier alpha value is 0.270. The molecule has 1 aliphatic carbocycles. The van der Waals surface area contributed by atoms with Crippen LogP contribution in [0.5, 0.6) is 0 Å². The van der Waals surface area contributed by atoms with Gasteiger partial charge in [0.15, 0.2) is 0 Å². The Morgan fingerprint density at radius 3 is 2.53 bits per heavy atom. The molecule has 0 aromatic carbocycles. The summed E-state index contributed by atoms with van der Waals surface area (Å²) in [5, 5.41) is 0. The van der Waals surface area contributed by atoms with Gasteiger partial charge in [0.2, 0.25) is 0 Å². The Labute approximate surface area is 99.1 Å². The number of methoxy groups -OCH3 is 1. The van der Waals surface area contributed by atoms with Gasteiger partial charge in [0.05, 0.1) is 18.8 Å². The molecule has 1 aliphatic rings. The minimum absolute atomic E-state index is 0.184. The summed E-state index contributed by atoms with van der Waals surface area (Å²) in [7, 11) is 1.80. The molecule has 1 rings (SSSR count). The van der Waals surface area contributed by atoms with Crippen molar-refractivity contribution in [2.45, 2.75) is 51.7 Å². The van der Waals surface area contributed by atoms with Gasteiger partial charge in [0.25, 0.3) is 0 Å². The molecule has 15 heavy (non-hydrogen) atoms. The smallest absolute Gasteiger partial charge is 0.0600 e. The molecule has 0 N–H and O–H groups in total. The third kappa shape index (κ3) is 4.75. The third-order valence-electron chi connectivity index (χ3n) is 3.05. The van der Waals surface area contributed by atoms with Gasteiger partial charge in [-0.15, -0.1) is 0 Å². The van der Waals surface area contributed by atoms with Crippen LogP contribution in [0.2, 0.25) is 0 Å². The van der Waals surface area contributed by atoms with Gasteiger partial charge >= 0.3 is 0 Å². The largest absolute Gasteiger partial charge is 0.381 e. The third-order valence-corrected chi connectivity index (χ3v) is 3.91. The van der Waals surface area contributed by atoms with Gasteiger partial charge in [0, 0.05) is 7.11 Å². The summed E-state index contributed by atoms with van der Waals surface area (Å²) in [5.41, 5.74) is 0.184. The lowest BCUT2D eigenvalue weighted by molar-refractivity contribution is -0.0490. The zero-order valence-corrected chi connectivity index (χ0v) is 11.1. The lowest BCUT2D eigenvalue weighted by Gasteiger charge is -2.31. The van der Waals surface area contributed by atoms with Gasteiger partial charge in [-0.25, -0.2) is 0 Å². The fourth-order valence-electron chi connectivity index (χ4n) is 1.86. The number of rotatable bonds is 5. The molecule has 90 valence electrons. The van der Waals surface area contributed by atoms with Crippen molar-refractivity contribution in [2.75, 3.05) is 19.5 Å². The Bertz CT molecular complexity index is 182. The maximum atomic E-state index is 5.94. The van der Waals surface area contributed by atoms with E-state index in [0.717, 1.165) is 18.8 Å². The quantitative estimate of drug-likeness (QED) is 0.735. The minimum Gasteiger partial charge on any atom is -0.381 e. The summed E-state index contributed by atoms with van der Waals surface area (Å²) in [4.78, 5) is 0. The van der Waals surface area contributed by atoms with Crippen LogP contribution in [0.1, 0.15) is 39.5 Å². The van der Waals surface area contributed by atoms with Gasteiger partial charge in [-0.3, -0.25) is 0 Å². The summed E-state index contributed by atoms with van der Waals surface area (Å²) in [6, 6.07) is 0. The summed E-state index contributed by atoms with van der Waals surface area (Å²) < 4.78 is 11.3. The topological polar surface area (TPSA) is 18.5 Å². The normalized spacial score (nSPS) is 28.0. The lowest BCUT2D eigenvalue weighted by Crippen LogP contribution is -2.31. The fourth-order valence-corrected chi connectivity index (χ4v) is 1.95. The molecule has 2 atom stereocenters. The lowest BCUT2D eigenvalue weighted by atomic mass is 9.93. The second kappa shape index (κ2) is 6.12. The van der Waals surface area contributed by atoms with Crippen molar-refractivity contribution < 1.29 is 9.47 Å². The Morgan fingerprint density at radius 2 is 1.93 bits per heavy atom. The first-order valence-electron chi connectivity index (χ1n) is 5.82. The van der Waals surface area contributed by atoms with Crippen molar-refractivity contribution in [1.29, 1.82) is 0 Å². The van der Waals surface area contributed by atoms with E-state index in [9.17, 15) is 0 Å². The van der Waals surface area contributed by atoms with Crippen molar-refractivity contribution in [2.24, 2.45) is 5.41 Å². The molecule has 0 saturated heterocycles. The molecule has 0 aromatic rings. The highest BCUT2D eigenvalue weighted by Gasteiger charge is 2.24. The number of hydrogen-bond acceptors (Lipinski definition) is 3. The van der Waals surface area contributed by atoms with Crippen molar-refractivity contribution in [3.8, 4) is 0 Å². The van der Waals surface area contributed by atoms with Crippen LogP contribution in [-0.4, -0.2) is 31.7 Å². The predicted octanol–water partition coefficient (Wildman–Crippen LogP) is 2.92. The first kappa shape index (κ1) is 13.3. The van der Waals surface area contributed by atoms with Crippen molar-refractivity contribution in [3.63, 3.8) is 0 Å². The van der Waals surface area contributed by atoms with Gasteiger partial charge < -0.3 is 9.47 Å². The molecule has 0 heterocycles. The molecule has 2 unspecified atom stereocenters. The summed E-state index contributed by atoms with van der Waals surface area (Å²) >= 11 is 4.33. The van der Waals surface area contributed by atoms with Gasteiger partial charge in [0.1, 0.15) is 0 Å². The van der Waals surface area contributed by atoms with Gasteiger partial charge in [-0.2, -0.15) is 12.6 Å². The number of ether oxygens (including phenoxy) is 2. The standard InChI is InChI=1S/C12H24O2S/c1-12(2,9-15)8-14-11-6-4-5-10(7-11)13-3/h10-11,15H,4-9H2,1-3H3. The van der Waals surface area contributed by atoms with E-state index in [1.165, 1.54) is 19.3 Å². The predicted molar refractivity (Wildman–Crippen MR) is 66.6 cm³/mol. The molecule has 0 aliphatic heterocycles. The van der Waals surface area contributed by atoms with Crippen molar-refractivity contribution in [3.05, 3.63) is 0 Å². The van der Waals surface area contributed by atoms with E-state index >= 15 is 0 Å². The monoisotopic (exact) mass is 232 g/mol. The Kier molecular flexibility index (Phi) is 5.44. The van der Waals surface area contributed by atoms with Crippen LogP contribution in [0.25, 0.3) is 0 Å². The first-order valence-corrected chi connectivity index (χ1v) is 6.46. The average molecular weight is 232 g/mol. The summed E-state index contributed by atoms with van der Waals surface area (Å²) in [5.74, 6) is 0.868. The zero-order valence-electron chi connectivity index (χ0n) is 10.2. The SMILES string of the molecule is COC1CCCC(OCC(C)(C)CS)C1. The zero-order chi connectivity index (χ0) is 11.3. The molecule has 0 radical (unpaired) electrons. The first-order chi connectivity index (χ1) is 7.07. The maximum absolute atomic E-state index is 5.94. The maximum Gasteiger partial charge on any atom is 0.0600 e. The molecular formula is C12H24O2S. The molecule has 0 spiro atoms. The summed E-state index contributed by atoms with van der Waals surface area (Å²) in [6.45, 7) is 5.19. The van der Waals surface area contributed by atoms with E-state index in [2.05, 4.69) is 26.5 Å². The van der Waals surface area contributed by atoms with Crippen molar-refractivity contribution in [1.82, 2.24) is 0 Å². The minimum atomic E-state index is 0.184. The van der Waals surface area contributed by atoms with Crippen LogP contribution in [0.4, 0.5) is 0 Å². The highest BCUT2D eigenvalue weighted by Crippen LogP contribution is 2.25. The van der Waals surface area contributed by atoms with E-state index in [1.807, 2.05) is 0 Å². The molecule has 1 saturated carbocycles. The van der Waals surface area contributed by atoms with E-state index in [1.54, 1.807) is 7.11 Å². The average Bonchev–Trinajstić information content (AvgIpc) is 2.27. The molecule has 0 aromatic heterocycles. The summed E-state index contributed by atoms with van der Waals surface area (Å²) in [6.07, 6.45) is 5.45. The molecule has 0 amide bonds. The number of hydrogen-bond donors (Lipinski definition) is 1. The van der Waals surface area contributed by atoms with Crippen LogP contribution in [0.3, 0.4) is 0 Å². The highest BCUT2D eigenvalue weighted by molar-refractivity contribution is 7.80.